The maximum atomic E-state index is 12.9. The lowest BCUT2D eigenvalue weighted by molar-refractivity contribution is -0.117. The van der Waals surface area contributed by atoms with Crippen LogP contribution in [0.1, 0.15) is 31.2 Å². The van der Waals surface area contributed by atoms with Crippen molar-refractivity contribution in [3.05, 3.63) is 35.4 Å². The number of Topliss-reactive ketones (excluding diaryl/α,β-unsaturated/α-hetero) is 1. The van der Waals surface area contributed by atoms with E-state index in [4.69, 9.17) is 0 Å². The highest BCUT2D eigenvalue weighted by Gasteiger charge is 2.15. The molecular weight excluding hydrogens is 236 g/mol. The fourth-order valence-electron chi connectivity index (χ4n) is 2.39. The van der Waals surface area contributed by atoms with E-state index in [9.17, 15) is 13.6 Å². The number of hydrogen-bond acceptors (Lipinski definition) is 2. The Balaban J connectivity index is 1.82. The second-order valence-corrected chi connectivity index (χ2v) is 4.86. The van der Waals surface area contributed by atoms with E-state index in [1.807, 2.05) is 0 Å². The number of halogens is 2. The van der Waals surface area contributed by atoms with E-state index in [2.05, 4.69) is 5.32 Å². The molecule has 1 aromatic carbocycles. The predicted molar refractivity (Wildman–Crippen MR) is 65.3 cm³/mol. The molecule has 1 fully saturated rings. The van der Waals surface area contributed by atoms with E-state index in [1.54, 1.807) is 0 Å². The third kappa shape index (κ3) is 3.88. The molecule has 1 aliphatic carbocycles. The van der Waals surface area contributed by atoms with Gasteiger partial charge in [-0.3, -0.25) is 4.79 Å². The Morgan fingerprint density at radius 1 is 1.17 bits per heavy atom. The monoisotopic (exact) mass is 253 g/mol. The lowest BCUT2D eigenvalue weighted by atomic mass is 10.1. The first-order valence-electron chi connectivity index (χ1n) is 6.33. The second kappa shape index (κ2) is 6.05. The van der Waals surface area contributed by atoms with E-state index in [0.29, 0.717) is 11.6 Å². The fraction of sp³-hybridized carbons (Fsp3) is 0.500. The van der Waals surface area contributed by atoms with Crippen molar-refractivity contribution in [1.82, 2.24) is 5.32 Å². The van der Waals surface area contributed by atoms with Gasteiger partial charge in [0.05, 0.1) is 6.54 Å². The molecule has 1 saturated carbocycles. The third-order valence-electron chi connectivity index (χ3n) is 3.27. The summed E-state index contributed by atoms with van der Waals surface area (Å²) in [6.45, 7) is 0.281. The molecule has 1 aromatic rings. The van der Waals surface area contributed by atoms with Crippen molar-refractivity contribution in [2.45, 2.75) is 38.1 Å². The van der Waals surface area contributed by atoms with Crippen molar-refractivity contribution in [3.63, 3.8) is 0 Å². The van der Waals surface area contributed by atoms with Crippen LogP contribution in [0.3, 0.4) is 0 Å². The molecular formula is C14H17F2NO. The van der Waals surface area contributed by atoms with Crippen LogP contribution < -0.4 is 5.32 Å². The van der Waals surface area contributed by atoms with Gasteiger partial charge in [-0.05, 0) is 30.5 Å². The summed E-state index contributed by atoms with van der Waals surface area (Å²) in [6.07, 6.45) is 4.72. The number of carbonyl (C=O) groups is 1. The Labute approximate surface area is 105 Å². The number of benzene rings is 1. The first kappa shape index (κ1) is 13.1. The van der Waals surface area contributed by atoms with Crippen LogP contribution in [0.15, 0.2) is 18.2 Å². The van der Waals surface area contributed by atoms with Gasteiger partial charge in [-0.25, -0.2) is 8.78 Å². The topological polar surface area (TPSA) is 29.1 Å². The summed E-state index contributed by atoms with van der Waals surface area (Å²) in [5, 5.41) is 3.19. The molecule has 0 amide bonds. The maximum Gasteiger partial charge on any atom is 0.150 e. The van der Waals surface area contributed by atoms with E-state index in [-0.39, 0.29) is 18.7 Å². The minimum Gasteiger partial charge on any atom is -0.307 e. The van der Waals surface area contributed by atoms with Gasteiger partial charge < -0.3 is 5.32 Å². The van der Waals surface area contributed by atoms with Gasteiger partial charge in [0.1, 0.15) is 11.6 Å². The molecule has 1 aliphatic rings. The number of hydrogen-bond donors (Lipinski definition) is 1. The molecule has 4 heteroatoms. The quantitative estimate of drug-likeness (QED) is 0.874. The van der Waals surface area contributed by atoms with Crippen LogP contribution in [0, 0.1) is 11.6 Å². The summed E-state index contributed by atoms with van der Waals surface area (Å²) >= 11 is 0. The first-order chi connectivity index (χ1) is 8.63. The average molecular weight is 253 g/mol. The van der Waals surface area contributed by atoms with E-state index in [0.717, 1.165) is 18.9 Å². The summed E-state index contributed by atoms with van der Waals surface area (Å²) < 4.78 is 25.9. The van der Waals surface area contributed by atoms with E-state index in [1.165, 1.54) is 25.0 Å². The second-order valence-electron chi connectivity index (χ2n) is 4.86. The molecule has 0 atom stereocenters. The van der Waals surface area contributed by atoms with E-state index < -0.39 is 11.6 Å². The van der Waals surface area contributed by atoms with Crippen molar-refractivity contribution in [3.8, 4) is 0 Å². The Morgan fingerprint density at radius 2 is 1.78 bits per heavy atom. The van der Waals surface area contributed by atoms with Gasteiger partial charge in [0.25, 0.3) is 0 Å². The van der Waals surface area contributed by atoms with Crippen LogP contribution >= 0.6 is 0 Å². The zero-order chi connectivity index (χ0) is 13.0. The SMILES string of the molecule is O=C(CNC1CCCC1)Cc1cc(F)cc(F)c1. The Hall–Kier alpha value is -1.29. The van der Waals surface area contributed by atoms with Gasteiger partial charge in [0.15, 0.2) is 5.78 Å². The number of ketones is 1. The number of nitrogens with one attached hydrogen (secondary N) is 1. The van der Waals surface area contributed by atoms with Crippen LogP contribution in [0.2, 0.25) is 0 Å². The smallest absolute Gasteiger partial charge is 0.150 e. The highest BCUT2D eigenvalue weighted by molar-refractivity contribution is 5.82. The van der Waals surface area contributed by atoms with Crippen LogP contribution in [-0.4, -0.2) is 18.4 Å². The third-order valence-corrected chi connectivity index (χ3v) is 3.27. The Kier molecular flexibility index (Phi) is 4.42. The molecule has 0 saturated heterocycles. The lowest BCUT2D eigenvalue weighted by Crippen LogP contribution is -2.32. The predicted octanol–water partition coefficient (Wildman–Crippen LogP) is 2.61. The van der Waals surface area contributed by atoms with Gasteiger partial charge in [0.2, 0.25) is 0 Å². The maximum absolute atomic E-state index is 12.9. The van der Waals surface area contributed by atoms with Gasteiger partial charge in [-0.2, -0.15) is 0 Å². The minimum absolute atomic E-state index is 0.0353. The summed E-state index contributed by atoms with van der Waals surface area (Å²) in [5.41, 5.74) is 0.394. The van der Waals surface area contributed by atoms with Crippen LogP contribution in [0.25, 0.3) is 0 Å². The standard InChI is InChI=1S/C14H17F2NO/c15-11-5-10(6-12(16)8-11)7-14(18)9-17-13-3-1-2-4-13/h5-6,8,13,17H,1-4,7,9H2. The van der Waals surface area contributed by atoms with Gasteiger partial charge in [-0.1, -0.05) is 12.8 Å². The largest absolute Gasteiger partial charge is 0.307 e. The summed E-state index contributed by atoms with van der Waals surface area (Å²) in [4.78, 5) is 11.7. The van der Waals surface area contributed by atoms with Crippen molar-refractivity contribution in [2.75, 3.05) is 6.54 Å². The molecule has 0 spiro atoms. The number of rotatable bonds is 5. The minimum atomic E-state index is -0.637. The van der Waals surface area contributed by atoms with Gasteiger partial charge in [0, 0.05) is 18.5 Å². The molecule has 0 aromatic heterocycles. The van der Waals surface area contributed by atoms with E-state index >= 15 is 0 Å². The van der Waals surface area contributed by atoms with Crippen LogP contribution in [-0.2, 0) is 11.2 Å². The first-order valence-corrected chi connectivity index (χ1v) is 6.33. The molecule has 0 radical (unpaired) electrons. The molecule has 98 valence electrons. The average Bonchev–Trinajstić information content (AvgIpc) is 2.77. The molecule has 0 aliphatic heterocycles. The van der Waals surface area contributed by atoms with Crippen molar-refractivity contribution in [2.24, 2.45) is 0 Å². The summed E-state index contributed by atoms with van der Waals surface area (Å²) in [5.74, 6) is -1.31. The van der Waals surface area contributed by atoms with Crippen molar-refractivity contribution in [1.29, 1.82) is 0 Å². The fourth-order valence-corrected chi connectivity index (χ4v) is 2.39. The van der Waals surface area contributed by atoms with Gasteiger partial charge in [-0.15, -0.1) is 0 Å². The summed E-state index contributed by atoms with van der Waals surface area (Å²) in [6, 6.07) is 3.65. The molecule has 0 bridgehead atoms. The van der Waals surface area contributed by atoms with Crippen molar-refractivity contribution >= 4 is 5.78 Å². The summed E-state index contributed by atoms with van der Waals surface area (Å²) in [7, 11) is 0. The Morgan fingerprint density at radius 3 is 2.39 bits per heavy atom. The highest BCUT2D eigenvalue weighted by atomic mass is 19.1. The normalized spacial score (nSPS) is 16.1. The Bertz CT molecular complexity index is 408. The zero-order valence-corrected chi connectivity index (χ0v) is 10.2. The molecule has 0 unspecified atom stereocenters. The van der Waals surface area contributed by atoms with Crippen LogP contribution in [0.5, 0.6) is 0 Å². The number of carbonyl (C=O) groups excluding carboxylic acids is 1. The van der Waals surface area contributed by atoms with Crippen LogP contribution in [0.4, 0.5) is 8.78 Å². The van der Waals surface area contributed by atoms with Crippen molar-refractivity contribution < 1.29 is 13.6 Å². The van der Waals surface area contributed by atoms with Gasteiger partial charge >= 0.3 is 0 Å². The highest BCUT2D eigenvalue weighted by Crippen LogP contribution is 2.17. The molecule has 2 nitrogen and oxygen atoms in total. The molecule has 18 heavy (non-hydrogen) atoms. The lowest BCUT2D eigenvalue weighted by Gasteiger charge is -2.10. The molecule has 0 heterocycles. The molecule has 2 rings (SSSR count). The molecule has 1 N–H and O–H groups in total. The zero-order valence-electron chi connectivity index (χ0n) is 10.2.